The molecule has 6 N–H and O–H groups in total. The lowest BCUT2D eigenvalue weighted by atomic mass is 10.1. The van der Waals surface area contributed by atoms with Gasteiger partial charge in [0, 0.05) is 0 Å². The standard InChI is InChI=1S/C27H35N7O5/c1-17(2)13-20(23(28)35)31-26(37)39-15-19-11-8-12-22-32-33-24(34(19)22)21(30-25(36)27(3,4)29)16-38-14-18-9-6-5-7-10-18/h5-13,20-21H,14-16,29H2,1-4H3,(H2,28,35)(H,30,36)(H,31,37)/t20-,21+/m0/s1. The van der Waals surface area contributed by atoms with Crippen LogP contribution >= 0.6 is 0 Å². The van der Waals surface area contributed by atoms with E-state index in [-0.39, 0.29) is 13.2 Å². The average molecular weight is 538 g/mol. The van der Waals surface area contributed by atoms with Crippen molar-refractivity contribution in [1.82, 2.24) is 25.2 Å². The summed E-state index contributed by atoms with van der Waals surface area (Å²) in [5, 5.41) is 13.9. The minimum atomic E-state index is -1.15. The van der Waals surface area contributed by atoms with Gasteiger partial charge in [-0.2, -0.15) is 0 Å². The molecule has 0 unspecified atom stereocenters. The zero-order valence-corrected chi connectivity index (χ0v) is 22.5. The number of hydrogen-bond acceptors (Lipinski definition) is 8. The molecule has 208 valence electrons. The first-order valence-corrected chi connectivity index (χ1v) is 12.4. The smallest absolute Gasteiger partial charge is 0.408 e. The van der Waals surface area contributed by atoms with Crippen molar-refractivity contribution in [3.05, 3.63) is 77.3 Å². The van der Waals surface area contributed by atoms with E-state index >= 15 is 0 Å². The van der Waals surface area contributed by atoms with E-state index in [4.69, 9.17) is 20.9 Å². The maximum absolute atomic E-state index is 12.8. The Morgan fingerprint density at radius 2 is 1.74 bits per heavy atom. The van der Waals surface area contributed by atoms with Crippen LogP contribution in [0.2, 0.25) is 0 Å². The summed E-state index contributed by atoms with van der Waals surface area (Å²) >= 11 is 0. The molecule has 2 atom stereocenters. The van der Waals surface area contributed by atoms with Gasteiger partial charge in [-0.15, -0.1) is 10.2 Å². The molecule has 0 saturated heterocycles. The summed E-state index contributed by atoms with van der Waals surface area (Å²) in [5.41, 5.74) is 13.0. The summed E-state index contributed by atoms with van der Waals surface area (Å²) in [6.45, 7) is 6.97. The van der Waals surface area contributed by atoms with Crippen molar-refractivity contribution in [3.63, 3.8) is 0 Å². The topological polar surface area (TPSA) is 176 Å². The van der Waals surface area contributed by atoms with Crippen molar-refractivity contribution in [3.8, 4) is 0 Å². The number of fused-ring (bicyclic) bond motifs is 1. The van der Waals surface area contributed by atoms with Crippen LogP contribution in [0, 0.1) is 0 Å². The number of nitrogens with zero attached hydrogens (tertiary/aromatic N) is 3. The highest BCUT2D eigenvalue weighted by Crippen LogP contribution is 2.18. The molecular formula is C27H35N7O5. The number of aromatic nitrogens is 3. The maximum Gasteiger partial charge on any atom is 0.408 e. The van der Waals surface area contributed by atoms with E-state index in [0.29, 0.717) is 23.8 Å². The summed E-state index contributed by atoms with van der Waals surface area (Å²) in [7, 11) is 0. The van der Waals surface area contributed by atoms with Crippen molar-refractivity contribution in [1.29, 1.82) is 0 Å². The fourth-order valence-corrected chi connectivity index (χ4v) is 3.60. The van der Waals surface area contributed by atoms with E-state index in [9.17, 15) is 14.4 Å². The van der Waals surface area contributed by atoms with Crippen LogP contribution < -0.4 is 22.1 Å². The van der Waals surface area contributed by atoms with Gasteiger partial charge in [0.1, 0.15) is 18.7 Å². The average Bonchev–Trinajstić information content (AvgIpc) is 3.31. The van der Waals surface area contributed by atoms with Crippen LogP contribution in [0.25, 0.3) is 5.65 Å². The van der Waals surface area contributed by atoms with Gasteiger partial charge in [-0.25, -0.2) is 4.79 Å². The lowest BCUT2D eigenvalue weighted by Gasteiger charge is -2.24. The number of nitrogens with one attached hydrogen (secondary N) is 2. The minimum Gasteiger partial charge on any atom is -0.443 e. The van der Waals surface area contributed by atoms with Gasteiger partial charge in [0.2, 0.25) is 11.8 Å². The van der Waals surface area contributed by atoms with Crippen LogP contribution in [0.15, 0.2) is 60.2 Å². The normalized spacial score (nSPS) is 12.8. The quantitative estimate of drug-likeness (QED) is 0.253. The van der Waals surface area contributed by atoms with Crippen LogP contribution in [-0.2, 0) is 32.3 Å². The third-order valence-electron chi connectivity index (χ3n) is 5.56. The Labute approximate surface area is 226 Å². The number of rotatable bonds is 12. The molecule has 0 aliphatic heterocycles. The SMILES string of the molecule is CC(C)=C[C@H](NC(=O)OCc1cccc2nnc([C@@H](COCc3ccccc3)NC(=O)C(C)(C)N)n12)C(N)=O. The summed E-state index contributed by atoms with van der Waals surface area (Å²) < 4.78 is 13.0. The van der Waals surface area contributed by atoms with Crippen LogP contribution in [-0.4, -0.2) is 50.7 Å². The summed E-state index contributed by atoms with van der Waals surface area (Å²) in [6, 6.07) is 13.1. The Morgan fingerprint density at radius 3 is 2.38 bits per heavy atom. The zero-order chi connectivity index (χ0) is 28.6. The maximum atomic E-state index is 12.8. The van der Waals surface area contributed by atoms with Crippen LogP contribution in [0.1, 0.15) is 50.8 Å². The van der Waals surface area contributed by atoms with Crippen LogP contribution in [0.3, 0.4) is 0 Å². The van der Waals surface area contributed by atoms with Crippen molar-refractivity contribution in [2.75, 3.05) is 6.61 Å². The number of allylic oxidation sites excluding steroid dienone is 1. The van der Waals surface area contributed by atoms with Crippen LogP contribution in [0.4, 0.5) is 4.79 Å². The molecule has 3 aromatic rings. The van der Waals surface area contributed by atoms with Crippen molar-refractivity contribution in [2.24, 2.45) is 11.5 Å². The number of amides is 3. The molecule has 0 radical (unpaired) electrons. The fraction of sp³-hybridized carbons (Fsp3) is 0.370. The van der Waals surface area contributed by atoms with Crippen molar-refractivity contribution < 1.29 is 23.9 Å². The van der Waals surface area contributed by atoms with E-state index in [1.807, 2.05) is 30.3 Å². The first-order chi connectivity index (χ1) is 18.5. The molecule has 12 nitrogen and oxygen atoms in total. The third-order valence-corrected chi connectivity index (χ3v) is 5.56. The minimum absolute atomic E-state index is 0.0795. The molecule has 0 spiro atoms. The molecule has 3 amide bonds. The van der Waals surface area contributed by atoms with Gasteiger partial charge in [0.15, 0.2) is 11.5 Å². The molecule has 3 rings (SSSR count). The van der Waals surface area contributed by atoms with E-state index in [1.165, 1.54) is 6.08 Å². The van der Waals surface area contributed by atoms with Gasteiger partial charge in [0.05, 0.1) is 24.4 Å². The number of carbonyl (C=O) groups is 3. The highest BCUT2D eigenvalue weighted by atomic mass is 16.5. The molecule has 0 fully saturated rings. The Kier molecular flexibility index (Phi) is 9.74. The number of hydrogen-bond donors (Lipinski definition) is 4. The highest BCUT2D eigenvalue weighted by molar-refractivity contribution is 5.86. The number of pyridine rings is 1. The Morgan fingerprint density at radius 1 is 1.03 bits per heavy atom. The van der Waals surface area contributed by atoms with Crippen LogP contribution in [0.5, 0.6) is 0 Å². The van der Waals surface area contributed by atoms with Gasteiger partial charge in [-0.3, -0.25) is 14.0 Å². The number of alkyl carbamates (subject to hydrolysis) is 1. The van der Waals surface area contributed by atoms with Gasteiger partial charge >= 0.3 is 6.09 Å². The Balaban J connectivity index is 1.83. The monoisotopic (exact) mass is 537 g/mol. The molecule has 0 aliphatic rings. The molecule has 2 aromatic heterocycles. The molecule has 2 heterocycles. The van der Waals surface area contributed by atoms with Gasteiger partial charge < -0.3 is 31.6 Å². The van der Waals surface area contributed by atoms with Crippen molar-refractivity contribution in [2.45, 2.75) is 58.5 Å². The number of nitrogens with two attached hydrogens (primary N) is 2. The Hall–Kier alpha value is -4.29. The lowest BCUT2D eigenvalue weighted by Crippen LogP contribution is -2.51. The zero-order valence-electron chi connectivity index (χ0n) is 22.5. The largest absolute Gasteiger partial charge is 0.443 e. The van der Waals surface area contributed by atoms with Crippen molar-refractivity contribution >= 4 is 23.6 Å². The molecule has 0 aliphatic carbocycles. The second-order valence-corrected chi connectivity index (χ2v) is 9.86. The van der Waals surface area contributed by atoms with E-state index in [0.717, 1.165) is 11.1 Å². The predicted molar refractivity (Wildman–Crippen MR) is 144 cm³/mol. The number of primary amides is 1. The van der Waals surface area contributed by atoms with Gasteiger partial charge in [0.25, 0.3) is 0 Å². The van der Waals surface area contributed by atoms with Gasteiger partial charge in [-0.05, 0) is 45.4 Å². The fourth-order valence-electron chi connectivity index (χ4n) is 3.60. The Bertz CT molecular complexity index is 1330. The summed E-state index contributed by atoms with van der Waals surface area (Å²) in [6.07, 6.45) is 0.702. The molecule has 0 bridgehead atoms. The molecule has 12 heteroatoms. The first kappa shape index (κ1) is 29.3. The molecule has 1 aromatic carbocycles. The van der Waals surface area contributed by atoms with E-state index < -0.39 is 35.5 Å². The third kappa shape index (κ3) is 8.35. The molecule has 0 saturated carbocycles. The first-order valence-electron chi connectivity index (χ1n) is 12.4. The highest BCUT2D eigenvalue weighted by Gasteiger charge is 2.28. The lowest BCUT2D eigenvalue weighted by molar-refractivity contribution is -0.126. The predicted octanol–water partition coefficient (Wildman–Crippen LogP) is 1.89. The van der Waals surface area contributed by atoms with E-state index in [2.05, 4.69) is 20.8 Å². The van der Waals surface area contributed by atoms with Gasteiger partial charge in [-0.1, -0.05) is 48.0 Å². The second-order valence-electron chi connectivity index (χ2n) is 9.86. The second kappa shape index (κ2) is 13.0. The number of carbonyl (C=O) groups excluding carboxylic acids is 3. The molecular weight excluding hydrogens is 502 g/mol. The number of ether oxygens (including phenoxy) is 2. The summed E-state index contributed by atoms with van der Waals surface area (Å²) in [4.78, 5) is 36.9. The number of benzene rings is 1. The van der Waals surface area contributed by atoms with E-state index in [1.54, 1.807) is 50.3 Å². The molecule has 39 heavy (non-hydrogen) atoms. The summed E-state index contributed by atoms with van der Waals surface area (Å²) in [5.74, 6) is -0.750.